The highest BCUT2D eigenvalue weighted by molar-refractivity contribution is 5.88. The summed E-state index contributed by atoms with van der Waals surface area (Å²) in [5, 5.41) is 20.6. The summed E-state index contributed by atoms with van der Waals surface area (Å²) in [4.78, 5) is 37.1. The third kappa shape index (κ3) is 5.08. The Hall–Kier alpha value is -2.92. The Kier molecular flexibility index (Phi) is 7.52. The number of morpholine rings is 1. The number of benzene rings is 1. The standard InChI is InChI=1S/C20H25N3O5/c1-3-4-5-18(24)23(14(2)20(26)27)22-10-11-28-17(19(22)25)12-15-6-8-16(13-21)9-7-15/h6-9,14,17H,3-5,10-12H2,1-2H3,(H,26,27)/t14-,17?/m0/s1. The van der Waals surface area contributed by atoms with E-state index in [1.807, 2.05) is 13.0 Å². The Balaban J connectivity index is 2.19. The molecule has 1 unspecified atom stereocenters. The van der Waals surface area contributed by atoms with Gasteiger partial charge in [-0.3, -0.25) is 9.59 Å². The van der Waals surface area contributed by atoms with Gasteiger partial charge in [-0.1, -0.05) is 25.5 Å². The number of amides is 2. The normalized spacial score (nSPS) is 17.7. The lowest BCUT2D eigenvalue weighted by molar-refractivity contribution is -0.191. The van der Waals surface area contributed by atoms with Crippen molar-refractivity contribution in [3.63, 3.8) is 0 Å². The minimum absolute atomic E-state index is 0.123. The number of nitrogens with zero attached hydrogens (tertiary/aromatic N) is 3. The van der Waals surface area contributed by atoms with Gasteiger partial charge in [0.2, 0.25) is 5.91 Å². The summed E-state index contributed by atoms with van der Waals surface area (Å²) in [6.45, 7) is 3.66. The zero-order chi connectivity index (χ0) is 20.7. The van der Waals surface area contributed by atoms with E-state index < -0.39 is 24.0 Å². The highest BCUT2D eigenvalue weighted by Gasteiger charge is 2.39. The van der Waals surface area contributed by atoms with E-state index in [0.717, 1.165) is 17.0 Å². The monoisotopic (exact) mass is 387 g/mol. The number of carboxylic acid groups (broad SMARTS) is 1. The number of hydrazine groups is 1. The van der Waals surface area contributed by atoms with Gasteiger partial charge in [0.1, 0.15) is 12.1 Å². The lowest BCUT2D eigenvalue weighted by Gasteiger charge is -2.41. The van der Waals surface area contributed by atoms with Gasteiger partial charge in [-0.15, -0.1) is 0 Å². The molecule has 0 aliphatic carbocycles. The van der Waals surface area contributed by atoms with Crippen LogP contribution >= 0.6 is 0 Å². The Morgan fingerprint density at radius 1 is 1.39 bits per heavy atom. The Morgan fingerprint density at radius 2 is 2.07 bits per heavy atom. The number of unbranched alkanes of at least 4 members (excludes halogenated alkanes) is 1. The van der Waals surface area contributed by atoms with Gasteiger partial charge >= 0.3 is 5.97 Å². The molecule has 0 radical (unpaired) electrons. The van der Waals surface area contributed by atoms with Crippen molar-refractivity contribution in [3.05, 3.63) is 35.4 Å². The van der Waals surface area contributed by atoms with Crippen LogP contribution in [0.1, 0.15) is 44.2 Å². The van der Waals surface area contributed by atoms with E-state index in [1.165, 1.54) is 11.9 Å². The van der Waals surface area contributed by atoms with Gasteiger partial charge in [0, 0.05) is 12.8 Å². The maximum Gasteiger partial charge on any atom is 0.328 e. The second kappa shape index (κ2) is 9.85. The highest BCUT2D eigenvalue weighted by atomic mass is 16.5. The molecule has 150 valence electrons. The lowest BCUT2D eigenvalue weighted by Crippen LogP contribution is -2.61. The fraction of sp³-hybridized carbons (Fsp3) is 0.500. The second-order valence-corrected chi connectivity index (χ2v) is 6.69. The topological polar surface area (TPSA) is 111 Å². The maximum absolute atomic E-state index is 13.0. The molecule has 1 aliphatic rings. The predicted octanol–water partition coefficient (Wildman–Crippen LogP) is 1.74. The molecule has 0 aromatic heterocycles. The molecule has 1 aromatic carbocycles. The van der Waals surface area contributed by atoms with Crippen molar-refractivity contribution in [1.82, 2.24) is 10.0 Å². The maximum atomic E-state index is 13.0. The van der Waals surface area contributed by atoms with Crippen molar-refractivity contribution in [1.29, 1.82) is 5.26 Å². The summed E-state index contributed by atoms with van der Waals surface area (Å²) in [5.41, 5.74) is 1.33. The fourth-order valence-corrected chi connectivity index (χ4v) is 3.03. The molecule has 1 heterocycles. The summed E-state index contributed by atoms with van der Waals surface area (Å²) in [7, 11) is 0. The van der Waals surface area contributed by atoms with E-state index in [1.54, 1.807) is 24.3 Å². The molecular weight excluding hydrogens is 362 g/mol. The minimum atomic E-state index is -1.17. The van der Waals surface area contributed by atoms with Crippen LogP contribution in [-0.2, 0) is 25.5 Å². The van der Waals surface area contributed by atoms with Crippen LogP contribution in [0.2, 0.25) is 0 Å². The zero-order valence-electron chi connectivity index (χ0n) is 16.1. The molecule has 0 spiro atoms. The average molecular weight is 387 g/mol. The fourth-order valence-electron chi connectivity index (χ4n) is 3.03. The van der Waals surface area contributed by atoms with Crippen LogP contribution in [0.15, 0.2) is 24.3 Å². The van der Waals surface area contributed by atoms with Gasteiger partial charge in [-0.2, -0.15) is 5.26 Å². The first-order valence-corrected chi connectivity index (χ1v) is 9.35. The van der Waals surface area contributed by atoms with Crippen LogP contribution in [0.3, 0.4) is 0 Å². The summed E-state index contributed by atoms with van der Waals surface area (Å²) in [5.74, 6) is -1.99. The molecule has 8 nitrogen and oxygen atoms in total. The number of carboxylic acids is 1. The van der Waals surface area contributed by atoms with Crippen molar-refractivity contribution in [2.24, 2.45) is 0 Å². The van der Waals surface area contributed by atoms with Crippen LogP contribution in [0.4, 0.5) is 0 Å². The molecule has 2 rings (SSSR count). The molecule has 1 aliphatic heterocycles. The summed E-state index contributed by atoms with van der Waals surface area (Å²) < 4.78 is 5.59. The third-order valence-corrected chi connectivity index (χ3v) is 4.64. The van der Waals surface area contributed by atoms with E-state index in [4.69, 9.17) is 10.00 Å². The predicted molar refractivity (Wildman–Crippen MR) is 99.8 cm³/mol. The van der Waals surface area contributed by atoms with E-state index in [0.29, 0.717) is 12.0 Å². The Morgan fingerprint density at radius 3 is 2.64 bits per heavy atom. The van der Waals surface area contributed by atoms with Crippen molar-refractivity contribution in [2.75, 3.05) is 13.2 Å². The molecule has 1 N–H and O–H groups in total. The minimum Gasteiger partial charge on any atom is -0.480 e. The van der Waals surface area contributed by atoms with Crippen LogP contribution in [-0.4, -0.2) is 58.2 Å². The molecule has 0 saturated carbocycles. The largest absolute Gasteiger partial charge is 0.480 e. The van der Waals surface area contributed by atoms with Gasteiger partial charge in [-0.25, -0.2) is 14.8 Å². The number of ether oxygens (including phenoxy) is 1. The number of hydrogen-bond acceptors (Lipinski definition) is 5. The Bertz CT molecular complexity index is 756. The molecule has 1 fully saturated rings. The molecule has 28 heavy (non-hydrogen) atoms. The van der Waals surface area contributed by atoms with E-state index in [2.05, 4.69) is 0 Å². The van der Waals surface area contributed by atoms with Crippen molar-refractivity contribution in [2.45, 2.75) is 51.7 Å². The third-order valence-electron chi connectivity index (χ3n) is 4.64. The van der Waals surface area contributed by atoms with Gasteiger partial charge in [0.15, 0.2) is 0 Å². The quantitative estimate of drug-likeness (QED) is 0.727. The molecule has 1 saturated heterocycles. The number of nitriles is 1. The molecular formula is C20H25N3O5. The van der Waals surface area contributed by atoms with E-state index in [9.17, 15) is 19.5 Å². The zero-order valence-corrected chi connectivity index (χ0v) is 16.1. The van der Waals surface area contributed by atoms with E-state index >= 15 is 0 Å². The van der Waals surface area contributed by atoms with Gasteiger partial charge in [-0.05, 0) is 31.0 Å². The number of hydrogen-bond donors (Lipinski definition) is 1. The van der Waals surface area contributed by atoms with Gasteiger partial charge in [0.05, 0.1) is 24.8 Å². The SMILES string of the molecule is CCCCC(=O)N([C@@H](C)C(=O)O)N1CCOC(Cc2ccc(C#N)cc2)C1=O. The molecule has 8 heteroatoms. The van der Waals surface area contributed by atoms with Gasteiger partial charge in [0.25, 0.3) is 5.91 Å². The first kappa shape index (κ1) is 21.4. The summed E-state index contributed by atoms with van der Waals surface area (Å²) >= 11 is 0. The molecule has 1 aromatic rings. The number of carbonyl (C=O) groups is 3. The number of carbonyl (C=O) groups excluding carboxylic acids is 2. The average Bonchev–Trinajstić information content (AvgIpc) is 2.69. The van der Waals surface area contributed by atoms with Crippen molar-refractivity contribution < 1.29 is 24.2 Å². The highest BCUT2D eigenvalue weighted by Crippen LogP contribution is 2.19. The van der Waals surface area contributed by atoms with Gasteiger partial charge < -0.3 is 9.84 Å². The number of rotatable bonds is 8. The molecule has 2 atom stereocenters. The van der Waals surface area contributed by atoms with E-state index in [-0.39, 0.29) is 31.9 Å². The molecule has 2 amide bonds. The van der Waals surface area contributed by atoms with Crippen LogP contribution in [0, 0.1) is 11.3 Å². The van der Waals surface area contributed by atoms with Crippen LogP contribution in [0.5, 0.6) is 0 Å². The van der Waals surface area contributed by atoms with Crippen LogP contribution in [0.25, 0.3) is 0 Å². The summed E-state index contributed by atoms with van der Waals surface area (Å²) in [6, 6.07) is 7.70. The lowest BCUT2D eigenvalue weighted by atomic mass is 10.0. The smallest absolute Gasteiger partial charge is 0.328 e. The van der Waals surface area contributed by atoms with Crippen molar-refractivity contribution in [3.8, 4) is 6.07 Å². The van der Waals surface area contributed by atoms with Crippen molar-refractivity contribution >= 4 is 17.8 Å². The first-order valence-electron chi connectivity index (χ1n) is 9.35. The van der Waals surface area contributed by atoms with Crippen LogP contribution < -0.4 is 0 Å². The summed E-state index contributed by atoms with van der Waals surface area (Å²) in [6.07, 6.45) is 1.05. The Labute approximate surface area is 164 Å². The second-order valence-electron chi connectivity index (χ2n) is 6.69. The molecule has 0 bridgehead atoms. The first-order chi connectivity index (χ1) is 13.4. The number of aliphatic carboxylic acids is 1.